The highest BCUT2D eigenvalue weighted by Gasteiger charge is 2.13. The van der Waals surface area contributed by atoms with Crippen molar-refractivity contribution in [3.05, 3.63) is 47.8 Å². The summed E-state index contributed by atoms with van der Waals surface area (Å²) in [6.45, 7) is 2.22. The number of benzene rings is 2. The number of oxime groups is 1. The van der Waals surface area contributed by atoms with Crippen molar-refractivity contribution < 1.29 is 19.8 Å². The fraction of sp³-hybridized carbons (Fsp3) is 0.458. The molecule has 0 aliphatic carbocycles. The quantitative estimate of drug-likeness (QED) is 0.155. The third kappa shape index (κ3) is 7.08. The number of hydrogen-bond acceptors (Lipinski definition) is 4. The average Bonchev–Trinajstić information content (AvgIpc) is 2.72. The molecule has 3 N–H and O–H groups in total. The van der Waals surface area contributed by atoms with Crippen molar-refractivity contribution in [2.75, 3.05) is 0 Å². The van der Waals surface area contributed by atoms with Crippen LogP contribution in [0, 0.1) is 5.82 Å². The van der Waals surface area contributed by atoms with Crippen LogP contribution >= 0.6 is 0 Å². The first-order valence-corrected chi connectivity index (χ1v) is 10.6. The SMILES string of the molecule is CCCCCCCCCCC/C(=N\O)c1cc(-c2ccc(O)c(F)c2)ccc1O. The van der Waals surface area contributed by atoms with E-state index in [0.29, 0.717) is 28.8 Å². The van der Waals surface area contributed by atoms with Crippen LogP contribution in [-0.4, -0.2) is 21.1 Å². The summed E-state index contributed by atoms with van der Waals surface area (Å²) in [6, 6.07) is 8.99. The maximum Gasteiger partial charge on any atom is 0.165 e. The lowest BCUT2D eigenvalue weighted by Crippen LogP contribution is -2.02. The first-order valence-electron chi connectivity index (χ1n) is 10.6. The predicted molar refractivity (Wildman–Crippen MR) is 115 cm³/mol. The van der Waals surface area contributed by atoms with Crippen molar-refractivity contribution in [2.45, 2.75) is 71.1 Å². The Balaban J connectivity index is 1.92. The minimum Gasteiger partial charge on any atom is -0.507 e. The van der Waals surface area contributed by atoms with Crippen molar-refractivity contribution in [2.24, 2.45) is 5.16 Å². The van der Waals surface area contributed by atoms with Crippen molar-refractivity contribution in [1.29, 1.82) is 0 Å². The molecular weight excluding hydrogens is 369 g/mol. The number of hydrogen-bond donors (Lipinski definition) is 3. The molecule has 158 valence electrons. The summed E-state index contributed by atoms with van der Waals surface area (Å²) < 4.78 is 13.7. The van der Waals surface area contributed by atoms with Crippen molar-refractivity contribution in [1.82, 2.24) is 0 Å². The smallest absolute Gasteiger partial charge is 0.165 e. The van der Waals surface area contributed by atoms with Crippen molar-refractivity contribution in [3.63, 3.8) is 0 Å². The molecule has 5 heteroatoms. The molecule has 0 saturated carbocycles. The molecule has 0 saturated heterocycles. The Bertz CT molecular complexity index is 805. The van der Waals surface area contributed by atoms with Gasteiger partial charge in [-0.05, 0) is 48.2 Å². The molecule has 29 heavy (non-hydrogen) atoms. The summed E-state index contributed by atoms with van der Waals surface area (Å²) in [6.07, 6.45) is 11.3. The molecule has 0 aromatic heterocycles. The number of phenols is 2. The molecule has 0 unspecified atom stereocenters. The van der Waals surface area contributed by atoms with Gasteiger partial charge in [-0.1, -0.05) is 75.6 Å². The van der Waals surface area contributed by atoms with Crippen LogP contribution in [0.2, 0.25) is 0 Å². The number of unbranched alkanes of at least 4 members (excludes halogenated alkanes) is 8. The Morgan fingerprint density at radius 3 is 1.93 bits per heavy atom. The van der Waals surface area contributed by atoms with Crippen LogP contribution in [0.15, 0.2) is 41.6 Å². The van der Waals surface area contributed by atoms with Crippen molar-refractivity contribution >= 4 is 5.71 Å². The summed E-state index contributed by atoms with van der Waals surface area (Å²) in [5, 5.41) is 32.4. The van der Waals surface area contributed by atoms with E-state index in [-0.39, 0.29) is 5.75 Å². The van der Waals surface area contributed by atoms with Crippen LogP contribution < -0.4 is 0 Å². The molecule has 0 amide bonds. The van der Waals surface area contributed by atoms with Gasteiger partial charge in [-0.3, -0.25) is 0 Å². The summed E-state index contributed by atoms with van der Waals surface area (Å²) in [5.41, 5.74) is 2.11. The molecule has 2 aromatic rings. The summed E-state index contributed by atoms with van der Waals surface area (Å²) in [5.74, 6) is -1.09. The maximum absolute atomic E-state index is 13.7. The van der Waals surface area contributed by atoms with Gasteiger partial charge in [0, 0.05) is 5.56 Å². The Hall–Kier alpha value is -2.56. The van der Waals surface area contributed by atoms with Crippen LogP contribution in [0.3, 0.4) is 0 Å². The first-order chi connectivity index (χ1) is 14.1. The van der Waals surface area contributed by atoms with E-state index < -0.39 is 11.6 Å². The first kappa shape index (κ1) is 22.7. The number of rotatable bonds is 12. The zero-order valence-corrected chi connectivity index (χ0v) is 17.2. The van der Waals surface area contributed by atoms with Gasteiger partial charge in [0.05, 0.1) is 5.71 Å². The van der Waals surface area contributed by atoms with E-state index >= 15 is 0 Å². The minimum absolute atomic E-state index is 0.0247. The highest BCUT2D eigenvalue weighted by Crippen LogP contribution is 2.30. The third-order valence-corrected chi connectivity index (χ3v) is 5.23. The molecule has 0 atom stereocenters. The Kier molecular flexibility index (Phi) is 9.48. The molecule has 2 aromatic carbocycles. The molecule has 2 rings (SSSR count). The van der Waals surface area contributed by atoms with E-state index in [2.05, 4.69) is 12.1 Å². The lowest BCUT2D eigenvalue weighted by Gasteiger charge is -2.10. The van der Waals surface area contributed by atoms with Gasteiger partial charge in [0.2, 0.25) is 0 Å². The zero-order valence-electron chi connectivity index (χ0n) is 17.2. The summed E-state index contributed by atoms with van der Waals surface area (Å²) >= 11 is 0. The van der Waals surface area contributed by atoms with E-state index in [0.717, 1.165) is 19.3 Å². The molecule has 0 fully saturated rings. The second-order valence-corrected chi connectivity index (χ2v) is 7.52. The highest BCUT2D eigenvalue weighted by atomic mass is 19.1. The highest BCUT2D eigenvalue weighted by molar-refractivity contribution is 6.03. The van der Waals surface area contributed by atoms with Crippen molar-refractivity contribution in [3.8, 4) is 22.6 Å². The Morgan fingerprint density at radius 1 is 0.793 bits per heavy atom. The second kappa shape index (κ2) is 12.1. The van der Waals surface area contributed by atoms with E-state index in [1.54, 1.807) is 18.2 Å². The Morgan fingerprint density at radius 2 is 1.34 bits per heavy atom. The van der Waals surface area contributed by atoms with E-state index in [1.807, 2.05) is 0 Å². The Labute approximate surface area is 172 Å². The molecule has 0 radical (unpaired) electrons. The van der Waals surface area contributed by atoms with Crippen LogP contribution in [0.5, 0.6) is 11.5 Å². The summed E-state index contributed by atoms with van der Waals surface area (Å²) in [4.78, 5) is 0. The predicted octanol–water partition coefficient (Wildman–Crippen LogP) is 7.00. The standard InChI is InChI=1S/C24H32FNO3/c1-2-3-4-5-6-7-8-9-10-11-22(26-29)20-16-18(12-14-23(20)27)19-13-15-24(28)21(25)17-19/h12-17,27-29H,2-11H2,1H3/b26-22+. The fourth-order valence-electron chi connectivity index (χ4n) is 3.47. The molecule has 0 aliphatic heterocycles. The second-order valence-electron chi connectivity index (χ2n) is 7.52. The molecule has 0 spiro atoms. The molecule has 0 bridgehead atoms. The number of halogens is 1. The van der Waals surface area contributed by atoms with Gasteiger partial charge in [0.15, 0.2) is 11.6 Å². The lowest BCUT2D eigenvalue weighted by atomic mass is 9.97. The fourth-order valence-corrected chi connectivity index (χ4v) is 3.47. The number of aromatic hydroxyl groups is 2. The van der Waals surface area contributed by atoms with Gasteiger partial charge >= 0.3 is 0 Å². The van der Waals surface area contributed by atoms with Gasteiger partial charge < -0.3 is 15.4 Å². The van der Waals surface area contributed by atoms with Crippen LogP contribution in [-0.2, 0) is 0 Å². The van der Waals surface area contributed by atoms with Crippen LogP contribution in [0.25, 0.3) is 11.1 Å². The third-order valence-electron chi connectivity index (χ3n) is 5.23. The largest absolute Gasteiger partial charge is 0.507 e. The van der Waals surface area contributed by atoms with E-state index in [4.69, 9.17) is 0 Å². The van der Waals surface area contributed by atoms with Crippen LogP contribution in [0.4, 0.5) is 4.39 Å². The van der Waals surface area contributed by atoms with Gasteiger partial charge in [0.25, 0.3) is 0 Å². The average molecular weight is 402 g/mol. The summed E-state index contributed by atoms with van der Waals surface area (Å²) in [7, 11) is 0. The van der Waals surface area contributed by atoms with E-state index in [1.165, 1.54) is 56.7 Å². The molecular formula is C24H32FNO3. The normalized spacial score (nSPS) is 11.7. The number of nitrogens with zero attached hydrogens (tertiary/aromatic N) is 1. The topological polar surface area (TPSA) is 73.1 Å². The zero-order chi connectivity index (χ0) is 21.1. The lowest BCUT2D eigenvalue weighted by molar-refractivity contribution is 0.317. The van der Waals surface area contributed by atoms with E-state index in [9.17, 15) is 19.8 Å². The van der Waals surface area contributed by atoms with Gasteiger partial charge in [0.1, 0.15) is 5.75 Å². The minimum atomic E-state index is -0.706. The number of phenolic OH excluding ortho intramolecular Hbond substituents is 2. The molecule has 0 heterocycles. The molecule has 4 nitrogen and oxygen atoms in total. The van der Waals surface area contributed by atoms with Gasteiger partial charge in [-0.2, -0.15) is 0 Å². The molecule has 0 aliphatic rings. The van der Waals surface area contributed by atoms with Gasteiger partial charge in [-0.25, -0.2) is 4.39 Å². The maximum atomic E-state index is 13.7. The van der Waals surface area contributed by atoms with Gasteiger partial charge in [-0.15, -0.1) is 0 Å². The monoisotopic (exact) mass is 401 g/mol. The van der Waals surface area contributed by atoms with Crippen LogP contribution in [0.1, 0.15) is 76.7 Å².